The molecule has 0 aliphatic carbocycles. The molecule has 0 unspecified atom stereocenters. The number of aromatic nitrogens is 3. The summed E-state index contributed by atoms with van der Waals surface area (Å²) in [6.07, 6.45) is 3.89. The Balaban J connectivity index is 1.26. The van der Waals surface area contributed by atoms with Gasteiger partial charge in [-0.05, 0) is 68.1 Å². The maximum absolute atomic E-state index is 4.94. The van der Waals surface area contributed by atoms with Gasteiger partial charge in [-0.25, -0.2) is 4.98 Å². The van der Waals surface area contributed by atoms with E-state index < -0.39 is 0 Å². The van der Waals surface area contributed by atoms with Crippen LogP contribution in [-0.4, -0.2) is 14.4 Å². The third kappa shape index (κ3) is 3.90. The molecule has 3 heteroatoms. The standard InChI is InChI=1S/C38H25N3/c1-2-12-29-26(10-1)11-9-15-32(29)34-23-22-30(31-13-3-4-14-33(31)34)27-18-20-28(21-19-27)38-37(35-16-5-7-24-39-35)40-36-17-6-8-25-41(36)38/h1-25H. The van der Waals surface area contributed by atoms with Crippen LogP contribution in [0.1, 0.15) is 0 Å². The number of fused-ring (bicyclic) bond motifs is 3. The van der Waals surface area contributed by atoms with Gasteiger partial charge in [-0.3, -0.25) is 9.38 Å². The highest BCUT2D eigenvalue weighted by molar-refractivity contribution is 6.09. The fourth-order valence-electron chi connectivity index (χ4n) is 6.01. The largest absolute Gasteiger partial charge is 0.299 e. The van der Waals surface area contributed by atoms with E-state index in [-0.39, 0.29) is 0 Å². The summed E-state index contributed by atoms with van der Waals surface area (Å²) < 4.78 is 2.15. The average molecular weight is 524 g/mol. The molecule has 0 fully saturated rings. The molecule has 0 N–H and O–H groups in total. The number of hydrogen-bond donors (Lipinski definition) is 0. The number of rotatable bonds is 4. The van der Waals surface area contributed by atoms with Crippen molar-refractivity contribution < 1.29 is 0 Å². The molecule has 192 valence electrons. The zero-order valence-electron chi connectivity index (χ0n) is 22.3. The minimum Gasteiger partial charge on any atom is -0.299 e. The highest BCUT2D eigenvalue weighted by Gasteiger charge is 2.17. The quantitative estimate of drug-likeness (QED) is 0.230. The summed E-state index contributed by atoms with van der Waals surface area (Å²) >= 11 is 0. The van der Waals surface area contributed by atoms with E-state index in [0.29, 0.717) is 0 Å². The van der Waals surface area contributed by atoms with Gasteiger partial charge in [0.1, 0.15) is 11.3 Å². The zero-order chi connectivity index (χ0) is 27.2. The second-order valence-electron chi connectivity index (χ2n) is 10.3. The fourth-order valence-corrected chi connectivity index (χ4v) is 6.01. The number of imidazole rings is 1. The molecular formula is C38H25N3. The van der Waals surface area contributed by atoms with Gasteiger partial charge in [0, 0.05) is 18.0 Å². The van der Waals surface area contributed by atoms with Crippen LogP contribution in [0, 0.1) is 0 Å². The first kappa shape index (κ1) is 23.4. The van der Waals surface area contributed by atoms with Crippen molar-refractivity contribution in [2.75, 3.05) is 0 Å². The molecule has 8 aromatic rings. The van der Waals surface area contributed by atoms with Gasteiger partial charge in [-0.2, -0.15) is 0 Å². The SMILES string of the molecule is c1ccc(-c2nc3ccccn3c2-c2ccc(-c3ccc(-c4cccc5ccccc45)c4ccccc34)cc2)nc1. The molecule has 3 heterocycles. The van der Waals surface area contributed by atoms with Crippen LogP contribution in [0.25, 0.3) is 72.1 Å². The Morgan fingerprint density at radius 1 is 0.463 bits per heavy atom. The summed E-state index contributed by atoms with van der Waals surface area (Å²) in [4.78, 5) is 9.55. The highest BCUT2D eigenvalue weighted by atomic mass is 15.0. The van der Waals surface area contributed by atoms with Crippen LogP contribution in [-0.2, 0) is 0 Å². The molecule has 3 aromatic heterocycles. The molecule has 0 radical (unpaired) electrons. The summed E-state index contributed by atoms with van der Waals surface area (Å²) in [7, 11) is 0. The van der Waals surface area contributed by atoms with E-state index >= 15 is 0 Å². The van der Waals surface area contributed by atoms with Crippen molar-refractivity contribution in [2.45, 2.75) is 0 Å². The van der Waals surface area contributed by atoms with Crippen LogP contribution in [0.15, 0.2) is 152 Å². The number of pyridine rings is 2. The van der Waals surface area contributed by atoms with Gasteiger partial charge in [0.25, 0.3) is 0 Å². The van der Waals surface area contributed by atoms with Crippen molar-refractivity contribution in [3.8, 4) is 44.9 Å². The van der Waals surface area contributed by atoms with E-state index in [1.165, 1.54) is 43.8 Å². The summed E-state index contributed by atoms with van der Waals surface area (Å²) in [6, 6.07) is 49.3. The maximum atomic E-state index is 4.94. The van der Waals surface area contributed by atoms with Crippen LogP contribution < -0.4 is 0 Å². The molecule has 0 amide bonds. The van der Waals surface area contributed by atoms with E-state index in [0.717, 1.165) is 28.3 Å². The molecule has 0 bridgehead atoms. The first-order valence-corrected chi connectivity index (χ1v) is 13.8. The van der Waals surface area contributed by atoms with Gasteiger partial charge in [0.15, 0.2) is 0 Å². The molecule has 0 aliphatic rings. The molecule has 0 aliphatic heterocycles. The van der Waals surface area contributed by atoms with Crippen LogP contribution in [0.3, 0.4) is 0 Å². The van der Waals surface area contributed by atoms with Gasteiger partial charge < -0.3 is 0 Å². The summed E-state index contributed by atoms with van der Waals surface area (Å²) in [6.45, 7) is 0. The van der Waals surface area contributed by atoms with Gasteiger partial charge in [0.05, 0.1) is 11.4 Å². The molecule has 0 spiro atoms. The molecule has 8 rings (SSSR count). The predicted octanol–water partition coefficient (Wildman–Crippen LogP) is 9.70. The Morgan fingerprint density at radius 2 is 1.12 bits per heavy atom. The third-order valence-corrected chi connectivity index (χ3v) is 7.91. The van der Waals surface area contributed by atoms with Crippen molar-refractivity contribution in [3.05, 3.63) is 152 Å². The first-order chi connectivity index (χ1) is 20.3. The van der Waals surface area contributed by atoms with Crippen molar-refractivity contribution in [1.29, 1.82) is 0 Å². The summed E-state index contributed by atoms with van der Waals surface area (Å²) in [5, 5.41) is 5.03. The minimum atomic E-state index is 0.866. The second kappa shape index (κ2) is 9.58. The van der Waals surface area contributed by atoms with Gasteiger partial charge >= 0.3 is 0 Å². The normalized spacial score (nSPS) is 11.4. The topological polar surface area (TPSA) is 30.2 Å². The van der Waals surface area contributed by atoms with E-state index in [1.54, 1.807) is 0 Å². The van der Waals surface area contributed by atoms with E-state index in [4.69, 9.17) is 4.98 Å². The van der Waals surface area contributed by atoms with Crippen LogP contribution in [0.2, 0.25) is 0 Å². The van der Waals surface area contributed by atoms with Crippen molar-refractivity contribution in [2.24, 2.45) is 0 Å². The average Bonchev–Trinajstić information content (AvgIpc) is 3.44. The lowest BCUT2D eigenvalue weighted by atomic mass is 9.90. The van der Waals surface area contributed by atoms with Gasteiger partial charge in [-0.1, -0.05) is 115 Å². The molecule has 0 saturated heterocycles. The Labute approximate surface area is 238 Å². The van der Waals surface area contributed by atoms with Gasteiger partial charge in [-0.15, -0.1) is 0 Å². The molecule has 0 saturated carbocycles. The molecule has 0 atom stereocenters. The lowest BCUT2D eigenvalue weighted by Gasteiger charge is -2.14. The van der Waals surface area contributed by atoms with Crippen LogP contribution in [0.5, 0.6) is 0 Å². The Hall–Kier alpha value is -5.54. The van der Waals surface area contributed by atoms with E-state index in [9.17, 15) is 0 Å². The second-order valence-corrected chi connectivity index (χ2v) is 10.3. The van der Waals surface area contributed by atoms with Crippen molar-refractivity contribution >= 4 is 27.2 Å². The van der Waals surface area contributed by atoms with Crippen LogP contribution >= 0.6 is 0 Å². The lowest BCUT2D eigenvalue weighted by Crippen LogP contribution is -1.91. The molecule has 5 aromatic carbocycles. The number of nitrogens with zero attached hydrogens (tertiary/aromatic N) is 3. The van der Waals surface area contributed by atoms with Gasteiger partial charge in [0.2, 0.25) is 0 Å². The Bertz CT molecular complexity index is 2190. The molecule has 41 heavy (non-hydrogen) atoms. The Morgan fingerprint density at radius 3 is 1.95 bits per heavy atom. The van der Waals surface area contributed by atoms with Crippen molar-refractivity contribution in [1.82, 2.24) is 14.4 Å². The predicted molar refractivity (Wildman–Crippen MR) is 170 cm³/mol. The van der Waals surface area contributed by atoms with Crippen molar-refractivity contribution in [3.63, 3.8) is 0 Å². The highest BCUT2D eigenvalue weighted by Crippen LogP contribution is 2.39. The monoisotopic (exact) mass is 523 g/mol. The summed E-state index contributed by atoms with van der Waals surface area (Å²) in [5.74, 6) is 0. The smallest absolute Gasteiger partial charge is 0.138 e. The summed E-state index contributed by atoms with van der Waals surface area (Å²) in [5.41, 5.74) is 9.72. The lowest BCUT2D eigenvalue weighted by molar-refractivity contribution is 1.19. The maximum Gasteiger partial charge on any atom is 0.138 e. The number of hydrogen-bond acceptors (Lipinski definition) is 2. The first-order valence-electron chi connectivity index (χ1n) is 13.8. The molecule has 3 nitrogen and oxygen atoms in total. The van der Waals surface area contributed by atoms with Crippen LogP contribution in [0.4, 0.5) is 0 Å². The number of benzene rings is 5. The minimum absolute atomic E-state index is 0.866. The van der Waals surface area contributed by atoms with E-state index in [1.807, 2.05) is 42.6 Å². The zero-order valence-corrected chi connectivity index (χ0v) is 22.3. The fraction of sp³-hybridized carbons (Fsp3) is 0. The third-order valence-electron chi connectivity index (χ3n) is 7.91. The molecular weight excluding hydrogens is 498 g/mol. The van der Waals surface area contributed by atoms with E-state index in [2.05, 4.69) is 119 Å². The Kier molecular flexibility index (Phi) is 5.46.